The number of benzene rings is 1. The summed E-state index contributed by atoms with van der Waals surface area (Å²) in [6, 6.07) is 9.96. The molecule has 0 bridgehead atoms. The van der Waals surface area contributed by atoms with Crippen LogP contribution in [0.5, 0.6) is 0 Å². The SMILES string of the molecule is Cc1cnnc(NC(C)c2ccc(N)cc2)c1. The van der Waals surface area contributed by atoms with Gasteiger partial charge in [-0.2, -0.15) is 5.10 Å². The van der Waals surface area contributed by atoms with Crippen molar-refractivity contribution in [3.8, 4) is 0 Å². The van der Waals surface area contributed by atoms with Crippen LogP contribution >= 0.6 is 0 Å². The highest BCUT2D eigenvalue weighted by molar-refractivity contribution is 5.43. The number of nitrogens with two attached hydrogens (primary N) is 1. The Balaban J connectivity index is 2.11. The molecule has 2 aromatic rings. The van der Waals surface area contributed by atoms with Gasteiger partial charge in [-0.05, 0) is 43.2 Å². The summed E-state index contributed by atoms with van der Waals surface area (Å²) < 4.78 is 0. The average molecular weight is 228 g/mol. The Morgan fingerprint density at radius 1 is 1.24 bits per heavy atom. The smallest absolute Gasteiger partial charge is 0.149 e. The topological polar surface area (TPSA) is 63.8 Å². The fraction of sp³-hybridized carbons (Fsp3) is 0.231. The maximum absolute atomic E-state index is 5.66. The van der Waals surface area contributed by atoms with Crippen molar-refractivity contribution >= 4 is 11.5 Å². The van der Waals surface area contributed by atoms with Crippen molar-refractivity contribution in [2.24, 2.45) is 0 Å². The molecule has 1 unspecified atom stereocenters. The maximum Gasteiger partial charge on any atom is 0.149 e. The van der Waals surface area contributed by atoms with Gasteiger partial charge in [0.05, 0.1) is 12.2 Å². The van der Waals surface area contributed by atoms with Gasteiger partial charge >= 0.3 is 0 Å². The third kappa shape index (κ3) is 2.93. The van der Waals surface area contributed by atoms with E-state index in [4.69, 9.17) is 5.73 Å². The molecule has 0 saturated heterocycles. The molecule has 0 aliphatic rings. The first-order chi connectivity index (χ1) is 8.15. The molecule has 1 heterocycles. The maximum atomic E-state index is 5.66. The molecule has 4 nitrogen and oxygen atoms in total. The minimum atomic E-state index is 0.173. The molecule has 1 aromatic heterocycles. The van der Waals surface area contributed by atoms with Gasteiger partial charge in [-0.1, -0.05) is 12.1 Å². The van der Waals surface area contributed by atoms with Crippen LogP contribution in [0.15, 0.2) is 36.5 Å². The second kappa shape index (κ2) is 4.82. The fourth-order valence-corrected chi connectivity index (χ4v) is 1.62. The van der Waals surface area contributed by atoms with Crippen molar-refractivity contribution in [2.45, 2.75) is 19.9 Å². The van der Waals surface area contributed by atoms with E-state index >= 15 is 0 Å². The van der Waals surface area contributed by atoms with Crippen molar-refractivity contribution < 1.29 is 0 Å². The monoisotopic (exact) mass is 228 g/mol. The molecule has 0 aliphatic heterocycles. The Labute approximate surface area is 101 Å². The summed E-state index contributed by atoms with van der Waals surface area (Å²) in [5, 5.41) is 11.3. The van der Waals surface area contributed by atoms with Crippen molar-refractivity contribution in [2.75, 3.05) is 11.1 Å². The quantitative estimate of drug-likeness (QED) is 0.792. The highest BCUT2D eigenvalue weighted by Gasteiger charge is 2.05. The van der Waals surface area contributed by atoms with Crippen LogP contribution in [0.1, 0.15) is 24.1 Å². The van der Waals surface area contributed by atoms with E-state index in [0.29, 0.717) is 0 Å². The molecule has 0 aliphatic carbocycles. The fourth-order valence-electron chi connectivity index (χ4n) is 1.62. The lowest BCUT2D eigenvalue weighted by molar-refractivity contribution is 0.859. The summed E-state index contributed by atoms with van der Waals surface area (Å²) >= 11 is 0. The first-order valence-corrected chi connectivity index (χ1v) is 5.56. The molecule has 0 spiro atoms. The molecule has 0 amide bonds. The second-order valence-electron chi connectivity index (χ2n) is 4.15. The highest BCUT2D eigenvalue weighted by atomic mass is 15.2. The number of anilines is 2. The summed E-state index contributed by atoms with van der Waals surface area (Å²) in [4.78, 5) is 0. The van der Waals surface area contributed by atoms with Crippen LogP contribution in [0.2, 0.25) is 0 Å². The number of nitrogens with one attached hydrogen (secondary N) is 1. The third-order valence-corrected chi connectivity index (χ3v) is 2.59. The minimum absolute atomic E-state index is 0.173. The van der Waals surface area contributed by atoms with E-state index in [1.54, 1.807) is 6.20 Å². The average Bonchev–Trinajstić information content (AvgIpc) is 2.29. The Bertz CT molecular complexity index is 493. The zero-order chi connectivity index (χ0) is 12.3. The number of nitrogen functional groups attached to an aromatic ring is 1. The van der Waals surface area contributed by atoms with E-state index < -0.39 is 0 Å². The molecule has 17 heavy (non-hydrogen) atoms. The van der Waals surface area contributed by atoms with Gasteiger partial charge in [0.15, 0.2) is 0 Å². The molecule has 3 N–H and O–H groups in total. The zero-order valence-electron chi connectivity index (χ0n) is 10.0. The standard InChI is InChI=1S/C13H16N4/c1-9-7-13(17-15-8-9)16-10(2)11-3-5-12(14)6-4-11/h3-8,10H,14H2,1-2H3,(H,16,17). The lowest BCUT2D eigenvalue weighted by Crippen LogP contribution is -2.08. The third-order valence-electron chi connectivity index (χ3n) is 2.59. The van der Waals surface area contributed by atoms with Crippen LogP contribution in [-0.2, 0) is 0 Å². The van der Waals surface area contributed by atoms with Gasteiger partial charge in [-0.15, -0.1) is 5.10 Å². The van der Waals surface area contributed by atoms with Gasteiger partial charge in [0, 0.05) is 5.69 Å². The van der Waals surface area contributed by atoms with Crippen molar-refractivity contribution in [3.63, 3.8) is 0 Å². The van der Waals surface area contributed by atoms with E-state index in [0.717, 1.165) is 17.1 Å². The number of rotatable bonds is 3. The highest BCUT2D eigenvalue weighted by Crippen LogP contribution is 2.18. The van der Waals surface area contributed by atoms with Gasteiger partial charge in [-0.3, -0.25) is 0 Å². The van der Waals surface area contributed by atoms with Gasteiger partial charge < -0.3 is 11.1 Å². The summed E-state index contributed by atoms with van der Waals surface area (Å²) in [6.45, 7) is 4.07. The first-order valence-electron chi connectivity index (χ1n) is 5.56. The predicted molar refractivity (Wildman–Crippen MR) is 69.7 cm³/mol. The zero-order valence-corrected chi connectivity index (χ0v) is 10.0. The lowest BCUT2D eigenvalue weighted by atomic mass is 10.1. The molecule has 0 saturated carbocycles. The summed E-state index contributed by atoms with van der Waals surface area (Å²) in [5.74, 6) is 0.786. The minimum Gasteiger partial charge on any atom is -0.399 e. The van der Waals surface area contributed by atoms with Gasteiger partial charge in [0.1, 0.15) is 5.82 Å². The number of aromatic nitrogens is 2. The molecular formula is C13H16N4. The predicted octanol–water partition coefficient (Wildman–Crippen LogP) is 2.54. The molecule has 0 radical (unpaired) electrons. The molecule has 1 aromatic carbocycles. The van der Waals surface area contributed by atoms with Crippen LogP contribution in [0.3, 0.4) is 0 Å². The van der Waals surface area contributed by atoms with E-state index in [1.807, 2.05) is 37.3 Å². The van der Waals surface area contributed by atoms with E-state index in [2.05, 4.69) is 22.4 Å². The van der Waals surface area contributed by atoms with Crippen LogP contribution in [0, 0.1) is 6.92 Å². The normalized spacial score (nSPS) is 12.1. The van der Waals surface area contributed by atoms with Crippen LogP contribution in [0.4, 0.5) is 11.5 Å². The first kappa shape index (κ1) is 11.4. The molecular weight excluding hydrogens is 212 g/mol. The molecule has 2 rings (SSSR count). The van der Waals surface area contributed by atoms with Crippen LogP contribution in [0.25, 0.3) is 0 Å². The van der Waals surface area contributed by atoms with Gasteiger partial charge in [0.25, 0.3) is 0 Å². The largest absolute Gasteiger partial charge is 0.399 e. The Kier molecular flexibility index (Phi) is 3.23. The Morgan fingerprint density at radius 2 is 1.94 bits per heavy atom. The van der Waals surface area contributed by atoms with Crippen molar-refractivity contribution in [1.82, 2.24) is 10.2 Å². The molecule has 1 atom stereocenters. The number of hydrogen-bond acceptors (Lipinski definition) is 4. The number of nitrogens with zero attached hydrogens (tertiary/aromatic N) is 2. The molecule has 88 valence electrons. The molecule has 0 fully saturated rings. The summed E-state index contributed by atoms with van der Waals surface area (Å²) in [7, 11) is 0. The van der Waals surface area contributed by atoms with Crippen LogP contribution in [-0.4, -0.2) is 10.2 Å². The van der Waals surface area contributed by atoms with Gasteiger partial charge in [0.2, 0.25) is 0 Å². The van der Waals surface area contributed by atoms with E-state index in [9.17, 15) is 0 Å². The Hall–Kier alpha value is -2.10. The van der Waals surface area contributed by atoms with Crippen molar-refractivity contribution in [3.05, 3.63) is 47.7 Å². The summed E-state index contributed by atoms with van der Waals surface area (Å²) in [6.07, 6.45) is 1.74. The number of aryl methyl sites for hydroxylation is 1. The van der Waals surface area contributed by atoms with Crippen molar-refractivity contribution in [1.29, 1.82) is 0 Å². The van der Waals surface area contributed by atoms with Crippen LogP contribution < -0.4 is 11.1 Å². The number of hydrogen-bond donors (Lipinski definition) is 2. The lowest BCUT2D eigenvalue weighted by Gasteiger charge is -2.14. The van der Waals surface area contributed by atoms with E-state index in [-0.39, 0.29) is 6.04 Å². The molecule has 4 heteroatoms. The Morgan fingerprint density at radius 3 is 2.59 bits per heavy atom. The van der Waals surface area contributed by atoms with E-state index in [1.165, 1.54) is 5.56 Å². The second-order valence-corrected chi connectivity index (χ2v) is 4.15. The van der Waals surface area contributed by atoms with Gasteiger partial charge in [-0.25, -0.2) is 0 Å². The summed E-state index contributed by atoms with van der Waals surface area (Å²) in [5.41, 5.74) is 8.69.